The summed E-state index contributed by atoms with van der Waals surface area (Å²) in [5, 5.41) is 9.73. The van der Waals surface area contributed by atoms with Crippen LogP contribution in [0.2, 0.25) is 0 Å². The molecular formula is C17H16F3N5. The topological polar surface area (TPSA) is 55.6 Å². The summed E-state index contributed by atoms with van der Waals surface area (Å²) in [6.07, 6.45) is -0.812. The fourth-order valence-corrected chi connectivity index (χ4v) is 2.38. The van der Waals surface area contributed by atoms with Crippen LogP contribution in [-0.4, -0.2) is 19.7 Å². The zero-order chi connectivity index (χ0) is 17.9. The first-order valence-corrected chi connectivity index (χ1v) is 7.62. The molecule has 0 atom stereocenters. The van der Waals surface area contributed by atoms with Crippen LogP contribution in [0.1, 0.15) is 22.6 Å². The number of nitrogens with one attached hydrogen (secondary N) is 1. The van der Waals surface area contributed by atoms with Gasteiger partial charge in [-0.25, -0.2) is 4.98 Å². The maximum atomic E-state index is 12.5. The van der Waals surface area contributed by atoms with Gasteiger partial charge in [0.15, 0.2) is 5.69 Å². The van der Waals surface area contributed by atoms with Gasteiger partial charge < -0.3 is 9.88 Å². The van der Waals surface area contributed by atoms with Crippen LogP contribution >= 0.6 is 0 Å². The molecule has 0 saturated carbocycles. The third kappa shape index (κ3) is 4.34. The Hall–Kier alpha value is -2.90. The van der Waals surface area contributed by atoms with Gasteiger partial charge in [0.1, 0.15) is 11.6 Å². The molecule has 0 saturated heterocycles. The number of imidazole rings is 1. The summed E-state index contributed by atoms with van der Waals surface area (Å²) in [6.45, 7) is 3.09. The molecule has 0 bridgehead atoms. The number of alkyl halides is 3. The van der Waals surface area contributed by atoms with Crippen molar-refractivity contribution in [1.29, 1.82) is 0 Å². The molecule has 130 valence electrons. The van der Waals surface area contributed by atoms with Crippen LogP contribution in [0.25, 0.3) is 0 Å². The number of hydrogen-bond acceptors (Lipinski definition) is 4. The number of hydrogen-bond donors (Lipinski definition) is 1. The molecule has 8 heteroatoms. The molecule has 3 rings (SSSR count). The second kappa shape index (κ2) is 6.92. The fraction of sp³-hybridized carbons (Fsp3) is 0.235. The highest BCUT2D eigenvalue weighted by Gasteiger charge is 2.32. The number of rotatable bonds is 5. The second-order valence-electron chi connectivity index (χ2n) is 5.58. The molecule has 0 spiro atoms. The van der Waals surface area contributed by atoms with Gasteiger partial charge in [-0.3, -0.25) is 0 Å². The van der Waals surface area contributed by atoms with Gasteiger partial charge in [0.05, 0.1) is 0 Å². The van der Waals surface area contributed by atoms with Crippen molar-refractivity contribution in [2.24, 2.45) is 0 Å². The lowest BCUT2D eigenvalue weighted by molar-refractivity contribution is -0.141. The van der Waals surface area contributed by atoms with Crippen molar-refractivity contribution in [2.75, 3.05) is 5.32 Å². The summed E-state index contributed by atoms with van der Waals surface area (Å²) in [6, 6.07) is 10.1. The van der Waals surface area contributed by atoms with E-state index in [2.05, 4.69) is 20.5 Å². The largest absolute Gasteiger partial charge is 0.435 e. The highest BCUT2D eigenvalue weighted by Crippen LogP contribution is 2.27. The van der Waals surface area contributed by atoms with E-state index in [1.165, 1.54) is 6.07 Å². The van der Waals surface area contributed by atoms with Crippen molar-refractivity contribution in [3.05, 3.63) is 71.4 Å². The van der Waals surface area contributed by atoms with Gasteiger partial charge >= 0.3 is 6.18 Å². The molecule has 1 N–H and O–H groups in total. The quantitative estimate of drug-likeness (QED) is 0.765. The van der Waals surface area contributed by atoms with Crippen LogP contribution in [0.15, 0.2) is 48.8 Å². The van der Waals surface area contributed by atoms with Gasteiger partial charge in [0.2, 0.25) is 0 Å². The molecule has 5 nitrogen and oxygen atoms in total. The zero-order valence-electron chi connectivity index (χ0n) is 13.5. The van der Waals surface area contributed by atoms with E-state index >= 15 is 0 Å². The smallest absolute Gasteiger partial charge is 0.365 e. The minimum atomic E-state index is -4.48. The summed E-state index contributed by atoms with van der Waals surface area (Å²) >= 11 is 0. The molecule has 2 heterocycles. The minimum absolute atomic E-state index is 0.295. The summed E-state index contributed by atoms with van der Waals surface area (Å²) in [5.74, 6) is 1.23. The third-order valence-corrected chi connectivity index (χ3v) is 3.70. The Kier molecular flexibility index (Phi) is 4.69. The van der Waals surface area contributed by atoms with Gasteiger partial charge in [-0.05, 0) is 30.2 Å². The van der Waals surface area contributed by atoms with E-state index in [9.17, 15) is 13.2 Å². The predicted molar refractivity (Wildman–Crippen MR) is 86.9 cm³/mol. The Morgan fingerprint density at radius 1 is 1.08 bits per heavy atom. The van der Waals surface area contributed by atoms with Gasteiger partial charge in [-0.2, -0.15) is 13.2 Å². The minimum Gasteiger partial charge on any atom is -0.365 e. The van der Waals surface area contributed by atoms with Crippen LogP contribution in [0.3, 0.4) is 0 Å². The maximum absolute atomic E-state index is 12.5. The van der Waals surface area contributed by atoms with Crippen LogP contribution in [0.5, 0.6) is 0 Å². The van der Waals surface area contributed by atoms with Crippen molar-refractivity contribution in [3.8, 4) is 0 Å². The summed E-state index contributed by atoms with van der Waals surface area (Å²) in [5.41, 5.74) is 1.10. The highest BCUT2D eigenvalue weighted by atomic mass is 19.4. The van der Waals surface area contributed by atoms with Crippen molar-refractivity contribution in [2.45, 2.75) is 26.2 Å². The predicted octanol–water partition coefficient (Wildman–Crippen LogP) is 3.66. The first-order valence-electron chi connectivity index (χ1n) is 7.62. The Morgan fingerprint density at radius 2 is 1.88 bits per heavy atom. The second-order valence-corrected chi connectivity index (χ2v) is 5.58. The van der Waals surface area contributed by atoms with Crippen LogP contribution in [-0.2, 0) is 19.3 Å². The summed E-state index contributed by atoms with van der Waals surface area (Å²) in [7, 11) is 0. The molecule has 3 aromatic rings. The van der Waals surface area contributed by atoms with Crippen molar-refractivity contribution < 1.29 is 13.2 Å². The van der Waals surface area contributed by atoms with E-state index in [-0.39, 0.29) is 0 Å². The van der Waals surface area contributed by atoms with Crippen molar-refractivity contribution in [3.63, 3.8) is 0 Å². The molecule has 0 unspecified atom stereocenters. The van der Waals surface area contributed by atoms with Gasteiger partial charge in [-0.1, -0.05) is 24.3 Å². The number of aromatic nitrogens is 4. The van der Waals surface area contributed by atoms with E-state index in [4.69, 9.17) is 0 Å². The fourth-order valence-electron chi connectivity index (χ4n) is 2.38. The van der Waals surface area contributed by atoms with E-state index in [0.717, 1.165) is 23.0 Å². The van der Waals surface area contributed by atoms with E-state index in [0.29, 0.717) is 18.9 Å². The summed E-state index contributed by atoms with van der Waals surface area (Å²) < 4.78 is 39.4. The average Bonchev–Trinajstić information content (AvgIpc) is 2.98. The van der Waals surface area contributed by atoms with E-state index < -0.39 is 11.9 Å². The monoisotopic (exact) mass is 347 g/mol. The van der Waals surface area contributed by atoms with Crippen molar-refractivity contribution in [1.82, 2.24) is 19.7 Å². The molecule has 0 fully saturated rings. The van der Waals surface area contributed by atoms with Crippen LogP contribution in [0.4, 0.5) is 19.0 Å². The van der Waals surface area contributed by atoms with Crippen LogP contribution in [0, 0.1) is 6.92 Å². The number of benzene rings is 1. The lowest BCUT2D eigenvalue weighted by Gasteiger charge is -2.10. The van der Waals surface area contributed by atoms with Crippen LogP contribution < -0.4 is 5.32 Å². The van der Waals surface area contributed by atoms with Crippen molar-refractivity contribution >= 4 is 5.82 Å². The third-order valence-electron chi connectivity index (χ3n) is 3.70. The molecule has 0 radical (unpaired) electrons. The molecule has 0 aliphatic heterocycles. The lowest BCUT2D eigenvalue weighted by atomic mass is 10.1. The molecular weight excluding hydrogens is 331 g/mol. The van der Waals surface area contributed by atoms with E-state index in [1.807, 2.05) is 42.0 Å². The molecule has 0 aliphatic rings. The SMILES string of the molecule is Cc1nccn1Cc1cccc(CNc2ccc(C(F)(F)F)nn2)c1. The van der Waals surface area contributed by atoms with E-state index in [1.54, 1.807) is 6.20 Å². The normalized spacial score (nSPS) is 11.5. The first kappa shape index (κ1) is 16.9. The average molecular weight is 347 g/mol. The molecule has 0 amide bonds. The van der Waals surface area contributed by atoms with Gasteiger partial charge in [0, 0.05) is 25.5 Å². The summed E-state index contributed by atoms with van der Waals surface area (Å²) in [4.78, 5) is 4.19. The molecule has 25 heavy (non-hydrogen) atoms. The Morgan fingerprint density at radius 3 is 2.52 bits per heavy atom. The Labute approximate surface area is 142 Å². The number of anilines is 1. The van der Waals surface area contributed by atoms with Gasteiger partial charge in [-0.15, -0.1) is 10.2 Å². The highest BCUT2D eigenvalue weighted by molar-refractivity contribution is 5.35. The number of nitrogens with zero attached hydrogens (tertiary/aromatic N) is 4. The molecule has 1 aromatic carbocycles. The lowest BCUT2D eigenvalue weighted by Crippen LogP contribution is -2.10. The Bertz CT molecular complexity index is 840. The van der Waals surface area contributed by atoms with Gasteiger partial charge in [0.25, 0.3) is 0 Å². The Balaban J connectivity index is 1.63. The number of aryl methyl sites for hydroxylation is 1. The standard InChI is InChI=1S/C17H16F3N5/c1-12-21-7-8-25(12)11-14-4-2-3-13(9-14)10-22-16-6-5-15(23-24-16)17(18,19)20/h2-9H,10-11H2,1H3,(H,22,24). The maximum Gasteiger partial charge on any atom is 0.435 e. The molecule has 0 aliphatic carbocycles. The zero-order valence-corrected chi connectivity index (χ0v) is 13.5. The first-order chi connectivity index (χ1) is 11.9. The molecule has 2 aromatic heterocycles. The number of halogens is 3.